The number of aliphatic carboxylic acids is 1. The smallest absolute Gasteiger partial charge is 0.321 e. The Morgan fingerprint density at radius 3 is 2.95 bits per heavy atom. The number of nitrogens with zero attached hydrogens (tertiary/aromatic N) is 1. The van der Waals surface area contributed by atoms with Gasteiger partial charge in [-0.3, -0.25) is 4.79 Å². The van der Waals surface area contributed by atoms with Crippen LogP contribution in [0.1, 0.15) is 12.0 Å². The Labute approximate surface area is 122 Å². The third-order valence-electron chi connectivity index (χ3n) is 3.04. The van der Waals surface area contributed by atoms with Crippen molar-refractivity contribution < 1.29 is 14.7 Å². The summed E-state index contributed by atoms with van der Waals surface area (Å²) in [6, 6.07) is 6.87. The predicted molar refractivity (Wildman–Crippen MR) is 80.3 cm³/mol. The number of carboxylic acids is 1. The first-order valence-corrected chi connectivity index (χ1v) is 7.75. The van der Waals surface area contributed by atoms with Crippen LogP contribution in [-0.2, 0) is 11.2 Å². The number of carbonyl (C=O) groups excluding carboxylic acids is 1. The largest absolute Gasteiger partial charge is 0.481 e. The highest BCUT2D eigenvalue weighted by molar-refractivity contribution is 7.99. The van der Waals surface area contributed by atoms with E-state index in [0.29, 0.717) is 11.3 Å². The predicted octanol–water partition coefficient (Wildman–Crippen LogP) is 2.28. The highest BCUT2D eigenvalue weighted by Crippen LogP contribution is 2.14. The summed E-state index contributed by atoms with van der Waals surface area (Å²) >= 11 is 1.87. The summed E-state index contributed by atoms with van der Waals surface area (Å²) in [4.78, 5) is 24.6. The average Bonchev–Trinajstić information content (AvgIpc) is 2.67. The molecule has 1 saturated heterocycles. The number of rotatable bonds is 3. The Morgan fingerprint density at radius 1 is 1.30 bits per heavy atom. The third kappa shape index (κ3) is 4.45. The molecule has 0 radical (unpaired) electrons. The quantitative estimate of drug-likeness (QED) is 0.897. The van der Waals surface area contributed by atoms with Gasteiger partial charge >= 0.3 is 12.0 Å². The minimum Gasteiger partial charge on any atom is -0.481 e. The standard InChI is InChI=1S/C14H18N2O3S/c17-13(18)10-11-3-1-4-12(9-11)15-14(19)16-5-2-7-20-8-6-16/h1,3-4,9H,2,5-8,10H2,(H,15,19)(H,17,18). The van der Waals surface area contributed by atoms with Crippen molar-refractivity contribution in [3.63, 3.8) is 0 Å². The normalized spacial score (nSPS) is 15.5. The zero-order valence-electron chi connectivity index (χ0n) is 11.2. The fourth-order valence-electron chi connectivity index (χ4n) is 2.09. The molecule has 2 N–H and O–H groups in total. The molecule has 0 aliphatic carbocycles. The van der Waals surface area contributed by atoms with Crippen LogP contribution in [0.2, 0.25) is 0 Å². The number of carboxylic acid groups (broad SMARTS) is 1. The lowest BCUT2D eigenvalue weighted by Gasteiger charge is -2.20. The Kier molecular flexibility index (Phi) is 5.29. The zero-order valence-corrected chi connectivity index (χ0v) is 12.0. The second-order valence-electron chi connectivity index (χ2n) is 4.65. The number of hydrogen-bond acceptors (Lipinski definition) is 3. The van der Waals surface area contributed by atoms with Gasteiger partial charge in [0.2, 0.25) is 0 Å². The molecule has 0 unspecified atom stereocenters. The van der Waals surface area contributed by atoms with Gasteiger partial charge in [0.05, 0.1) is 6.42 Å². The molecular weight excluding hydrogens is 276 g/mol. The minimum absolute atomic E-state index is 0.0376. The van der Waals surface area contributed by atoms with Crippen LogP contribution in [0.5, 0.6) is 0 Å². The van der Waals surface area contributed by atoms with Crippen LogP contribution in [0.4, 0.5) is 10.5 Å². The number of carbonyl (C=O) groups is 2. The maximum atomic E-state index is 12.1. The third-order valence-corrected chi connectivity index (χ3v) is 4.09. The van der Waals surface area contributed by atoms with E-state index in [1.54, 1.807) is 24.3 Å². The minimum atomic E-state index is -0.877. The van der Waals surface area contributed by atoms with E-state index in [2.05, 4.69) is 5.32 Å². The molecule has 0 saturated carbocycles. The molecule has 0 spiro atoms. The molecule has 2 rings (SSSR count). The van der Waals surface area contributed by atoms with Gasteiger partial charge in [0.15, 0.2) is 0 Å². The summed E-state index contributed by atoms with van der Waals surface area (Å²) in [6.07, 6.45) is 0.973. The van der Waals surface area contributed by atoms with Crippen LogP contribution in [0.25, 0.3) is 0 Å². The van der Waals surface area contributed by atoms with Crippen LogP contribution in [-0.4, -0.2) is 46.6 Å². The number of anilines is 1. The van der Waals surface area contributed by atoms with E-state index in [1.165, 1.54) is 0 Å². The van der Waals surface area contributed by atoms with Gasteiger partial charge in [0.1, 0.15) is 0 Å². The summed E-state index contributed by atoms with van der Waals surface area (Å²) in [5.41, 5.74) is 1.33. The number of hydrogen-bond donors (Lipinski definition) is 2. The van der Waals surface area contributed by atoms with Gasteiger partial charge < -0.3 is 15.3 Å². The van der Waals surface area contributed by atoms with Gasteiger partial charge in [-0.1, -0.05) is 12.1 Å². The molecule has 5 nitrogen and oxygen atoms in total. The topological polar surface area (TPSA) is 69.6 Å². The fourth-order valence-corrected chi connectivity index (χ4v) is 2.97. The zero-order chi connectivity index (χ0) is 14.4. The molecule has 1 fully saturated rings. The van der Waals surface area contributed by atoms with E-state index in [1.807, 2.05) is 16.7 Å². The monoisotopic (exact) mass is 294 g/mol. The molecule has 1 aromatic carbocycles. The van der Waals surface area contributed by atoms with Crippen LogP contribution >= 0.6 is 11.8 Å². The lowest BCUT2D eigenvalue weighted by atomic mass is 10.1. The van der Waals surface area contributed by atoms with E-state index in [4.69, 9.17) is 5.11 Å². The van der Waals surface area contributed by atoms with Crippen molar-refractivity contribution in [2.75, 3.05) is 29.9 Å². The van der Waals surface area contributed by atoms with E-state index in [-0.39, 0.29) is 12.5 Å². The van der Waals surface area contributed by atoms with Crippen molar-refractivity contribution in [2.24, 2.45) is 0 Å². The van der Waals surface area contributed by atoms with Crippen molar-refractivity contribution >= 4 is 29.4 Å². The SMILES string of the molecule is O=C(O)Cc1cccc(NC(=O)N2CCCSCC2)c1. The highest BCUT2D eigenvalue weighted by atomic mass is 32.2. The summed E-state index contributed by atoms with van der Waals surface area (Å²) in [5.74, 6) is 1.18. The van der Waals surface area contributed by atoms with E-state index >= 15 is 0 Å². The van der Waals surface area contributed by atoms with Gasteiger partial charge in [-0.15, -0.1) is 0 Å². The Morgan fingerprint density at radius 2 is 2.15 bits per heavy atom. The molecule has 1 aliphatic rings. The van der Waals surface area contributed by atoms with Gasteiger partial charge in [0.25, 0.3) is 0 Å². The first-order valence-electron chi connectivity index (χ1n) is 6.59. The molecule has 20 heavy (non-hydrogen) atoms. The molecular formula is C14H18N2O3S. The summed E-state index contributed by atoms with van der Waals surface area (Å²) in [6.45, 7) is 1.53. The molecule has 1 aromatic rings. The number of nitrogens with one attached hydrogen (secondary N) is 1. The summed E-state index contributed by atoms with van der Waals surface area (Å²) < 4.78 is 0. The van der Waals surface area contributed by atoms with Gasteiger partial charge in [-0.05, 0) is 29.9 Å². The number of amides is 2. The molecule has 0 bridgehead atoms. The van der Waals surface area contributed by atoms with E-state index in [0.717, 1.165) is 31.0 Å². The average molecular weight is 294 g/mol. The first kappa shape index (κ1) is 14.7. The first-order chi connectivity index (χ1) is 9.65. The van der Waals surface area contributed by atoms with Crippen LogP contribution in [0.15, 0.2) is 24.3 Å². The molecule has 2 amide bonds. The fraction of sp³-hybridized carbons (Fsp3) is 0.429. The maximum Gasteiger partial charge on any atom is 0.321 e. The second-order valence-corrected chi connectivity index (χ2v) is 5.88. The molecule has 108 valence electrons. The van der Waals surface area contributed by atoms with Crippen LogP contribution in [0, 0.1) is 0 Å². The summed E-state index contributed by atoms with van der Waals surface area (Å²) in [5, 5.41) is 11.6. The lowest BCUT2D eigenvalue weighted by Crippen LogP contribution is -2.36. The highest BCUT2D eigenvalue weighted by Gasteiger charge is 2.15. The van der Waals surface area contributed by atoms with E-state index in [9.17, 15) is 9.59 Å². The number of benzene rings is 1. The maximum absolute atomic E-state index is 12.1. The van der Waals surface area contributed by atoms with Crippen molar-refractivity contribution in [1.29, 1.82) is 0 Å². The molecule has 0 aromatic heterocycles. The van der Waals surface area contributed by atoms with Gasteiger partial charge in [-0.2, -0.15) is 11.8 Å². The molecule has 6 heteroatoms. The number of thioether (sulfide) groups is 1. The Balaban J connectivity index is 1.97. The van der Waals surface area contributed by atoms with Crippen LogP contribution in [0.3, 0.4) is 0 Å². The Hall–Kier alpha value is -1.69. The second kappa shape index (κ2) is 7.19. The molecule has 0 atom stereocenters. The number of urea groups is 1. The van der Waals surface area contributed by atoms with Gasteiger partial charge in [-0.25, -0.2) is 4.79 Å². The lowest BCUT2D eigenvalue weighted by molar-refractivity contribution is -0.136. The molecule has 1 aliphatic heterocycles. The Bertz CT molecular complexity index is 485. The van der Waals surface area contributed by atoms with Crippen molar-refractivity contribution in [3.8, 4) is 0 Å². The van der Waals surface area contributed by atoms with Crippen LogP contribution < -0.4 is 5.32 Å². The van der Waals surface area contributed by atoms with Crippen molar-refractivity contribution in [1.82, 2.24) is 4.90 Å². The van der Waals surface area contributed by atoms with Gasteiger partial charge in [0, 0.05) is 24.5 Å². The van der Waals surface area contributed by atoms with E-state index < -0.39 is 5.97 Å². The van der Waals surface area contributed by atoms with Crippen molar-refractivity contribution in [2.45, 2.75) is 12.8 Å². The molecule has 1 heterocycles. The van der Waals surface area contributed by atoms with Crippen molar-refractivity contribution in [3.05, 3.63) is 29.8 Å². The summed E-state index contributed by atoms with van der Waals surface area (Å²) in [7, 11) is 0.